The van der Waals surface area contributed by atoms with Gasteiger partial charge in [-0.25, -0.2) is 14.3 Å². The molecule has 3 aromatic rings. The van der Waals surface area contributed by atoms with Gasteiger partial charge in [-0.15, -0.1) is 0 Å². The monoisotopic (exact) mass is 399 g/mol. The van der Waals surface area contributed by atoms with Gasteiger partial charge in [0.2, 0.25) is 0 Å². The van der Waals surface area contributed by atoms with Crippen LogP contribution in [-0.4, -0.2) is 27.7 Å². The highest BCUT2D eigenvalue weighted by Gasteiger charge is 2.18. The number of hydrogen-bond acceptors (Lipinski definition) is 4. The van der Waals surface area contributed by atoms with Crippen LogP contribution in [0.3, 0.4) is 0 Å². The first-order valence-electron chi connectivity index (χ1n) is 6.09. The van der Waals surface area contributed by atoms with Crippen LogP contribution in [0.15, 0.2) is 34.9 Å². The summed E-state index contributed by atoms with van der Waals surface area (Å²) in [5.41, 5.74) is 1.92. The fourth-order valence-electron chi connectivity index (χ4n) is 2.02. The highest BCUT2D eigenvalue weighted by Crippen LogP contribution is 2.31. The van der Waals surface area contributed by atoms with Gasteiger partial charge in [0.25, 0.3) is 0 Å². The van der Waals surface area contributed by atoms with E-state index in [9.17, 15) is 4.79 Å². The third-order valence-corrected chi connectivity index (χ3v) is 4.14. The van der Waals surface area contributed by atoms with Crippen LogP contribution in [0, 0.1) is 0 Å². The fourth-order valence-corrected chi connectivity index (χ4v) is 2.87. The molecule has 0 atom stereocenters. The van der Waals surface area contributed by atoms with Gasteiger partial charge in [-0.05, 0) is 40.2 Å². The number of aromatic nitrogens is 3. The van der Waals surface area contributed by atoms with Crippen LogP contribution in [0.4, 0.5) is 0 Å². The molecule has 0 aliphatic rings. The SMILES string of the molecule is COC(=O)c1cc(-c2ccc(Cl)cc2Cl)nc2c(Br)cnn12. The van der Waals surface area contributed by atoms with Crippen LogP contribution >= 0.6 is 39.1 Å². The van der Waals surface area contributed by atoms with Gasteiger partial charge in [0.05, 0.1) is 28.5 Å². The predicted octanol–water partition coefficient (Wildman–Crippen LogP) is 4.25. The lowest BCUT2D eigenvalue weighted by atomic mass is 10.1. The minimum absolute atomic E-state index is 0.249. The van der Waals surface area contributed by atoms with E-state index in [2.05, 4.69) is 26.0 Å². The molecule has 0 N–H and O–H groups in total. The molecule has 0 aliphatic heterocycles. The Hall–Kier alpha value is -1.63. The largest absolute Gasteiger partial charge is 0.464 e. The smallest absolute Gasteiger partial charge is 0.356 e. The van der Waals surface area contributed by atoms with Crippen LogP contribution in [-0.2, 0) is 4.74 Å². The number of benzene rings is 1. The van der Waals surface area contributed by atoms with E-state index in [-0.39, 0.29) is 5.69 Å². The lowest BCUT2D eigenvalue weighted by molar-refractivity contribution is 0.0590. The minimum Gasteiger partial charge on any atom is -0.464 e. The van der Waals surface area contributed by atoms with E-state index in [4.69, 9.17) is 27.9 Å². The highest BCUT2D eigenvalue weighted by atomic mass is 79.9. The molecule has 22 heavy (non-hydrogen) atoms. The molecule has 0 aliphatic carbocycles. The van der Waals surface area contributed by atoms with Crippen molar-refractivity contribution in [2.75, 3.05) is 7.11 Å². The Morgan fingerprint density at radius 3 is 2.77 bits per heavy atom. The predicted molar refractivity (Wildman–Crippen MR) is 87.5 cm³/mol. The number of methoxy groups -OCH3 is 1. The van der Waals surface area contributed by atoms with Gasteiger partial charge in [-0.1, -0.05) is 23.2 Å². The second-order valence-corrected chi connectivity index (χ2v) is 6.07. The van der Waals surface area contributed by atoms with Gasteiger partial charge in [-0.3, -0.25) is 0 Å². The van der Waals surface area contributed by atoms with Crippen LogP contribution in [0.2, 0.25) is 10.0 Å². The Bertz CT molecular complexity index is 895. The van der Waals surface area contributed by atoms with E-state index >= 15 is 0 Å². The Morgan fingerprint density at radius 1 is 1.32 bits per heavy atom. The number of carbonyl (C=O) groups is 1. The van der Waals surface area contributed by atoms with Gasteiger partial charge in [0, 0.05) is 10.6 Å². The molecule has 0 saturated carbocycles. The van der Waals surface area contributed by atoms with E-state index in [1.165, 1.54) is 11.6 Å². The average Bonchev–Trinajstić information content (AvgIpc) is 2.87. The molecule has 2 heterocycles. The third-order valence-electron chi connectivity index (χ3n) is 3.03. The number of nitrogens with zero attached hydrogens (tertiary/aromatic N) is 3. The van der Waals surface area contributed by atoms with E-state index < -0.39 is 5.97 Å². The molecule has 2 aromatic heterocycles. The summed E-state index contributed by atoms with van der Waals surface area (Å²) in [6.45, 7) is 0. The zero-order valence-electron chi connectivity index (χ0n) is 11.2. The van der Waals surface area contributed by atoms with Crippen molar-refractivity contribution in [3.05, 3.63) is 50.7 Å². The first-order valence-corrected chi connectivity index (χ1v) is 7.64. The van der Waals surface area contributed by atoms with Crippen molar-refractivity contribution >= 4 is 50.7 Å². The molecule has 3 rings (SSSR count). The maximum Gasteiger partial charge on any atom is 0.356 e. The first kappa shape index (κ1) is 15.3. The molecular weight excluding hydrogens is 393 g/mol. The molecular formula is C14H8BrCl2N3O2. The minimum atomic E-state index is -0.519. The van der Waals surface area contributed by atoms with Crippen LogP contribution in [0.1, 0.15) is 10.5 Å². The zero-order chi connectivity index (χ0) is 15.9. The summed E-state index contributed by atoms with van der Waals surface area (Å²) in [7, 11) is 1.31. The number of fused-ring (bicyclic) bond motifs is 1. The van der Waals surface area contributed by atoms with Crippen molar-refractivity contribution in [1.29, 1.82) is 0 Å². The maximum absolute atomic E-state index is 12.0. The lowest BCUT2D eigenvalue weighted by Gasteiger charge is -2.08. The summed E-state index contributed by atoms with van der Waals surface area (Å²) >= 11 is 15.5. The molecule has 0 amide bonds. The molecule has 0 radical (unpaired) electrons. The summed E-state index contributed by atoms with van der Waals surface area (Å²) in [4.78, 5) is 16.5. The molecule has 0 bridgehead atoms. The van der Waals surface area contributed by atoms with Crippen LogP contribution < -0.4 is 0 Å². The van der Waals surface area contributed by atoms with Gasteiger partial charge in [0.15, 0.2) is 11.3 Å². The topological polar surface area (TPSA) is 56.5 Å². The molecule has 0 spiro atoms. The van der Waals surface area contributed by atoms with Crippen molar-refractivity contribution in [1.82, 2.24) is 14.6 Å². The summed E-state index contributed by atoms with van der Waals surface area (Å²) in [6.07, 6.45) is 1.56. The van der Waals surface area contributed by atoms with Gasteiger partial charge in [0.1, 0.15) is 0 Å². The quantitative estimate of drug-likeness (QED) is 0.603. The standard InChI is InChI=1S/C14H8BrCl2N3O2/c1-22-14(21)12-5-11(8-3-2-7(16)4-10(8)17)19-13-9(15)6-18-20(12)13/h2-6H,1H3. The van der Waals surface area contributed by atoms with E-state index in [1.807, 2.05) is 0 Å². The summed E-state index contributed by atoms with van der Waals surface area (Å²) in [5, 5.41) is 5.07. The van der Waals surface area contributed by atoms with Crippen molar-refractivity contribution in [3.63, 3.8) is 0 Å². The average molecular weight is 401 g/mol. The van der Waals surface area contributed by atoms with E-state index in [1.54, 1.807) is 30.5 Å². The summed E-state index contributed by atoms with van der Waals surface area (Å²) in [6, 6.07) is 6.65. The molecule has 0 fully saturated rings. The van der Waals surface area contributed by atoms with Crippen LogP contribution in [0.5, 0.6) is 0 Å². The Labute approximate surface area is 143 Å². The molecule has 1 aromatic carbocycles. The third kappa shape index (κ3) is 2.58. The lowest BCUT2D eigenvalue weighted by Crippen LogP contribution is -2.10. The van der Waals surface area contributed by atoms with Crippen molar-refractivity contribution in [2.45, 2.75) is 0 Å². The number of carbonyl (C=O) groups excluding carboxylic acids is 1. The fraction of sp³-hybridized carbons (Fsp3) is 0.0714. The van der Waals surface area contributed by atoms with Crippen molar-refractivity contribution in [2.24, 2.45) is 0 Å². The number of hydrogen-bond donors (Lipinski definition) is 0. The van der Waals surface area contributed by atoms with Gasteiger partial charge >= 0.3 is 5.97 Å². The van der Waals surface area contributed by atoms with E-state index in [0.717, 1.165) is 0 Å². The van der Waals surface area contributed by atoms with Crippen LogP contribution in [0.25, 0.3) is 16.9 Å². The first-order chi connectivity index (χ1) is 10.5. The number of ether oxygens (including phenoxy) is 1. The second-order valence-electron chi connectivity index (χ2n) is 4.37. The molecule has 8 heteroatoms. The van der Waals surface area contributed by atoms with Gasteiger partial charge < -0.3 is 4.74 Å². The highest BCUT2D eigenvalue weighted by molar-refractivity contribution is 9.10. The molecule has 5 nitrogen and oxygen atoms in total. The van der Waals surface area contributed by atoms with Crippen molar-refractivity contribution < 1.29 is 9.53 Å². The summed E-state index contributed by atoms with van der Waals surface area (Å²) < 4.78 is 6.86. The second kappa shape index (κ2) is 5.87. The summed E-state index contributed by atoms with van der Waals surface area (Å²) in [5.74, 6) is -0.519. The number of halogens is 3. The Kier molecular flexibility index (Phi) is 4.08. The molecule has 0 saturated heterocycles. The van der Waals surface area contributed by atoms with E-state index in [0.29, 0.717) is 31.4 Å². The molecule has 112 valence electrons. The number of esters is 1. The Morgan fingerprint density at radius 2 is 2.09 bits per heavy atom. The maximum atomic E-state index is 12.0. The Balaban J connectivity index is 2.30. The molecule has 0 unspecified atom stereocenters. The number of rotatable bonds is 2. The zero-order valence-corrected chi connectivity index (χ0v) is 14.3. The van der Waals surface area contributed by atoms with Crippen molar-refractivity contribution in [3.8, 4) is 11.3 Å². The normalized spacial score (nSPS) is 10.9. The van der Waals surface area contributed by atoms with Gasteiger partial charge in [-0.2, -0.15) is 5.10 Å².